The zero-order valence-corrected chi connectivity index (χ0v) is 12.5. The Morgan fingerprint density at radius 1 is 1.21 bits per heavy atom. The number of aromatic hydroxyl groups is 2. The standard InChI is InChI=1S/C14H12BrClO3/c1-19-7-8-2-3-9(16)6-10(8)13-12(17)5-4-11(15)14(13)18/h2-6,17-18H,7H2,1H3. The van der Waals surface area contributed by atoms with Crippen LogP contribution in [0.1, 0.15) is 5.56 Å². The lowest BCUT2D eigenvalue weighted by Gasteiger charge is -2.13. The van der Waals surface area contributed by atoms with E-state index in [1.165, 1.54) is 6.07 Å². The number of phenolic OH excluding ortho intramolecular Hbond substituents is 2. The number of methoxy groups -OCH3 is 1. The fourth-order valence-corrected chi connectivity index (χ4v) is 2.39. The minimum absolute atomic E-state index is 0.0136. The van der Waals surface area contributed by atoms with E-state index >= 15 is 0 Å². The van der Waals surface area contributed by atoms with Gasteiger partial charge in [0.2, 0.25) is 0 Å². The van der Waals surface area contributed by atoms with Crippen LogP contribution < -0.4 is 0 Å². The van der Waals surface area contributed by atoms with Crippen molar-refractivity contribution >= 4 is 27.5 Å². The molecule has 0 atom stereocenters. The molecule has 0 fully saturated rings. The minimum atomic E-state index is -0.0281. The molecule has 0 saturated heterocycles. The molecule has 0 spiro atoms. The van der Waals surface area contributed by atoms with Gasteiger partial charge in [-0.2, -0.15) is 0 Å². The van der Waals surface area contributed by atoms with Crippen LogP contribution in [0.25, 0.3) is 11.1 Å². The van der Waals surface area contributed by atoms with Crippen molar-refractivity contribution in [2.75, 3.05) is 7.11 Å². The summed E-state index contributed by atoms with van der Waals surface area (Å²) < 4.78 is 5.63. The van der Waals surface area contributed by atoms with E-state index in [1.807, 2.05) is 0 Å². The fraction of sp³-hybridized carbons (Fsp3) is 0.143. The summed E-state index contributed by atoms with van der Waals surface area (Å²) in [6.07, 6.45) is 0. The number of hydrogen-bond donors (Lipinski definition) is 2. The van der Waals surface area contributed by atoms with Crippen LogP contribution in [-0.2, 0) is 11.3 Å². The van der Waals surface area contributed by atoms with Crippen LogP contribution in [0, 0.1) is 0 Å². The summed E-state index contributed by atoms with van der Waals surface area (Å²) >= 11 is 9.23. The molecule has 0 radical (unpaired) electrons. The first kappa shape index (κ1) is 14.2. The van der Waals surface area contributed by atoms with Crippen molar-refractivity contribution in [3.63, 3.8) is 0 Å². The third-order valence-electron chi connectivity index (χ3n) is 2.75. The second-order valence-electron chi connectivity index (χ2n) is 4.02. The molecule has 0 aliphatic heterocycles. The van der Waals surface area contributed by atoms with E-state index in [0.29, 0.717) is 27.2 Å². The van der Waals surface area contributed by atoms with E-state index in [1.54, 1.807) is 31.4 Å². The van der Waals surface area contributed by atoms with Gasteiger partial charge in [0, 0.05) is 12.1 Å². The largest absolute Gasteiger partial charge is 0.507 e. The van der Waals surface area contributed by atoms with Gasteiger partial charge in [0.1, 0.15) is 11.5 Å². The maximum Gasteiger partial charge on any atom is 0.141 e. The number of hydrogen-bond acceptors (Lipinski definition) is 3. The summed E-state index contributed by atoms with van der Waals surface area (Å²) in [6, 6.07) is 8.33. The van der Waals surface area contributed by atoms with Gasteiger partial charge >= 0.3 is 0 Å². The van der Waals surface area contributed by atoms with Crippen LogP contribution in [0.4, 0.5) is 0 Å². The molecule has 0 unspecified atom stereocenters. The Balaban J connectivity index is 2.70. The fourth-order valence-electron chi connectivity index (χ4n) is 1.88. The number of phenols is 2. The van der Waals surface area contributed by atoms with E-state index in [2.05, 4.69) is 15.9 Å². The molecule has 0 bridgehead atoms. The second kappa shape index (κ2) is 5.82. The molecule has 0 heterocycles. The van der Waals surface area contributed by atoms with Crippen LogP contribution >= 0.6 is 27.5 Å². The van der Waals surface area contributed by atoms with Gasteiger partial charge in [0.05, 0.1) is 16.6 Å². The normalized spacial score (nSPS) is 10.7. The summed E-state index contributed by atoms with van der Waals surface area (Å²) in [4.78, 5) is 0. The third-order valence-corrected chi connectivity index (χ3v) is 3.62. The van der Waals surface area contributed by atoms with E-state index in [9.17, 15) is 10.2 Å². The lowest BCUT2D eigenvalue weighted by Crippen LogP contribution is -1.93. The molecular weight excluding hydrogens is 332 g/mol. The van der Waals surface area contributed by atoms with Gasteiger partial charge in [-0.25, -0.2) is 0 Å². The summed E-state index contributed by atoms with van der Waals surface area (Å²) in [5.74, 6) is -0.0417. The summed E-state index contributed by atoms with van der Waals surface area (Å²) in [5.41, 5.74) is 1.81. The molecule has 0 aliphatic rings. The summed E-state index contributed by atoms with van der Waals surface area (Å²) in [7, 11) is 1.58. The first-order valence-electron chi connectivity index (χ1n) is 5.52. The number of halogens is 2. The molecule has 3 nitrogen and oxygen atoms in total. The molecule has 100 valence electrons. The van der Waals surface area contributed by atoms with Gasteiger partial charge in [-0.3, -0.25) is 0 Å². The van der Waals surface area contributed by atoms with Crippen molar-refractivity contribution in [3.05, 3.63) is 45.4 Å². The summed E-state index contributed by atoms with van der Waals surface area (Å²) in [6.45, 7) is 0.359. The highest BCUT2D eigenvalue weighted by molar-refractivity contribution is 9.10. The molecular formula is C14H12BrClO3. The SMILES string of the molecule is COCc1ccc(Cl)cc1-c1c(O)ccc(Br)c1O. The predicted molar refractivity (Wildman–Crippen MR) is 78.6 cm³/mol. The molecule has 2 aromatic rings. The predicted octanol–water partition coefficient (Wildman–Crippen LogP) is 4.33. The summed E-state index contributed by atoms with van der Waals surface area (Å²) in [5, 5.41) is 20.6. The van der Waals surface area contributed by atoms with Gasteiger partial charge in [-0.05, 0) is 51.3 Å². The maximum absolute atomic E-state index is 10.1. The van der Waals surface area contributed by atoms with Crippen molar-refractivity contribution in [1.82, 2.24) is 0 Å². The Bertz CT molecular complexity index is 614. The lowest BCUT2D eigenvalue weighted by molar-refractivity contribution is 0.185. The molecule has 0 aromatic heterocycles. The number of rotatable bonds is 3. The first-order valence-corrected chi connectivity index (χ1v) is 6.70. The van der Waals surface area contributed by atoms with Crippen molar-refractivity contribution in [2.45, 2.75) is 6.61 Å². The second-order valence-corrected chi connectivity index (χ2v) is 5.32. The van der Waals surface area contributed by atoms with Crippen LogP contribution in [0.15, 0.2) is 34.8 Å². The molecule has 2 N–H and O–H groups in total. The third kappa shape index (κ3) is 2.86. The Hall–Kier alpha value is -1.23. The molecule has 0 saturated carbocycles. The van der Waals surface area contributed by atoms with Crippen molar-refractivity contribution in [2.24, 2.45) is 0 Å². The first-order chi connectivity index (χ1) is 9.04. The van der Waals surface area contributed by atoms with Crippen LogP contribution in [0.3, 0.4) is 0 Å². The maximum atomic E-state index is 10.1. The van der Waals surface area contributed by atoms with Gasteiger partial charge in [0.15, 0.2) is 0 Å². The Morgan fingerprint density at radius 3 is 2.63 bits per heavy atom. The molecule has 0 aliphatic carbocycles. The smallest absolute Gasteiger partial charge is 0.141 e. The van der Waals surface area contributed by atoms with E-state index < -0.39 is 0 Å². The molecule has 19 heavy (non-hydrogen) atoms. The average molecular weight is 344 g/mol. The van der Waals surface area contributed by atoms with Crippen molar-refractivity contribution in [1.29, 1.82) is 0 Å². The molecule has 2 aromatic carbocycles. The average Bonchev–Trinajstić information content (AvgIpc) is 2.38. The van der Waals surface area contributed by atoms with E-state index in [-0.39, 0.29) is 11.5 Å². The van der Waals surface area contributed by atoms with Crippen molar-refractivity contribution < 1.29 is 14.9 Å². The molecule has 0 amide bonds. The zero-order valence-electron chi connectivity index (χ0n) is 10.2. The Kier molecular flexibility index (Phi) is 4.34. The number of benzene rings is 2. The van der Waals surface area contributed by atoms with Gasteiger partial charge in [0.25, 0.3) is 0 Å². The minimum Gasteiger partial charge on any atom is -0.507 e. The highest BCUT2D eigenvalue weighted by Crippen LogP contribution is 2.43. The Morgan fingerprint density at radius 2 is 1.95 bits per heavy atom. The highest BCUT2D eigenvalue weighted by atomic mass is 79.9. The lowest BCUT2D eigenvalue weighted by atomic mass is 9.98. The highest BCUT2D eigenvalue weighted by Gasteiger charge is 2.16. The topological polar surface area (TPSA) is 49.7 Å². The monoisotopic (exact) mass is 342 g/mol. The van der Waals surface area contributed by atoms with Crippen LogP contribution in [0.5, 0.6) is 11.5 Å². The van der Waals surface area contributed by atoms with Crippen molar-refractivity contribution in [3.8, 4) is 22.6 Å². The zero-order chi connectivity index (χ0) is 14.0. The number of ether oxygens (including phenoxy) is 1. The van der Waals surface area contributed by atoms with Gasteiger partial charge in [-0.1, -0.05) is 17.7 Å². The van der Waals surface area contributed by atoms with Crippen LogP contribution in [-0.4, -0.2) is 17.3 Å². The van der Waals surface area contributed by atoms with Gasteiger partial charge in [-0.15, -0.1) is 0 Å². The molecule has 2 rings (SSSR count). The van der Waals surface area contributed by atoms with E-state index in [0.717, 1.165) is 5.56 Å². The van der Waals surface area contributed by atoms with Crippen LogP contribution in [0.2, 0.25) is 5.02 Å². The quantitative estimate of drug-likeness (QED) is 0.872. The van der Waals surface area contributed by atoms with Gasteiger partial charge < -0.3 is 14.9 Å². The van der Waals surface area contributed by atoms with E-state index in [4.69, 9.17) is 16.3 Å². The Labute approximate surface area is 124 Å². The molecule has 5 heteroatoms.